The predicted octanol–water partition coefficient (Wildman–Crippen LogP) is 4.83. The van der Waals surface area contributed by atoms with Gasteiger partial charge < -0.3 is 30.1 Å². The van der Waals surface area contributed by atoms with Crippen LogP contribution in [0, 0.1) is 11.7 Å². The molecule has 2 N–H and O–H groups in total. The summed E-state index contributed by atoms with van der Waals surface area (Å²) in [6, 6.07) is 9.78. The monoisotopic (exact) mass is 667 g/mol. The third-order valence-corrected chi connectivity index (χ3v) is 9.66. The first kappa shape index (κ1) is 34.3. The SMILES string of the molecule is Cl.O=C(c1cc(F)cc(N2CCNCC2)c1)N1CCN(C(=O)c2ccc(O[C@H]3CCNC3)c(C3CCC(C(F)(F)F)CC3)c2)CC1. The van der Waals surface area contributed by atoms with E-state index in [-0.39, 0.29) is 49.1 Å². The van der Waals surface area contributed by atoms with Gasteiger partial charge in [-0.1, -0.05) is 0 Å². The van der Waals surface area contributed by atoms with E-state index in [1.54, 1.807) is 34.1 Å². The van der Waals surface area contributed by atoms with Crippen LogP contribution in [0.1, 0.15) is 64.3 Å². The molecule has 3 heterocycles. The van der Waals surface area contributed by atoms with Crippen LogP contribution in [0.4, 0.5) is 23.2 Å². The van der Waals surface area contributed by atoms with Gasteiger partial charge >= 0.3 is 6.18 Å². The summed E-state index contributed by atoms with van der Waals surface area (Å²) in [5.74, 6) is -1.68. The van der Waals surface area contributed by atoms with Crippen molar-refractivity contribution in [2.24, 2.45) is 5.92 Å². The van der Waals surface area contributed by atoms with E-state index in [4.69, 9.17) is 4.74 Å². The van der Waals surface area contributed by atoms with E-state index in [1.165, 1.54) is 12.1 Å². The Kier molecular flexibility index (Phi) is 11.0. The highest BCUT2D eigenvalue weighted by Gasteiger charge is 2.42. The maximum atomic E-state index is 14.5. The second kappa shape index (κ2) is 14.8. The Balaban J connectivity index is 0.00000417. The molecule has 1 aliphatic carbocycles. The molecule has 13 heteroatoms. The molecule has 8 nitrogen and oxygen atoms in total. The number of benzene rings is 2. The lowest BCUT2D eigenvalue weighted by molar-refractivity contribution is -0.182. The molecule has 3 aliphatic heterocycles. The zero-order chi connectivity index (χ0) is 31.6. The Morgan fingerprint density at radius 1 is 0.761 bits per heavy atom. The topological polar surface area (TPSA) is 77.2 Å². The Morgan fingerprint density at radius 2 is 1.41 bits per heavy atom. The van der Waals surface area contributed by atoms with Gasteiger partial charge in [0.15, 0.2) is 0 Å². The minimum absolute atomic E-state index is 0. The van der Waals surface area contributed by atoms with Crippen molar-refractivity contribution < 1.29 is 31.9 Å². The first-order valence-corrected chi connectivity index (χ1v) is 16.1. The highest BCUT2D eigenvalue weighted by molar-refractivity contribution is 5.96. The number of nitrogens with one attached hydrogen (secondary N) is 2. The summed E-state index contributed by atoms with van der Waals surface area (Å²) in [6.45, 7) is 5.88. The Hall–Kier alpha value is -3.09. The molecule has 252 valence electrons. The van der Waals surface area contributed by atoms with Crippen LogP contribution in [-0.4, -0.2) is 99.3 Å². The molecule has 4 fully saturated rings. The third-order valence-electron chi connectivity index (χ3n) is 9.66. The van der Waals surface area contributed by atoms with E-state index in [0.717, 1.165) is 44.7 Å². The van der Waals surface area contributed by atoms with E-state index in [2.05, 4.69) is 15.5 Å². The van der Waals surface area contributed by atoms with Gasteiger partial charge in [-0.15, -0.1) is 12.4 Å². The zero-order valence-electron chi connectivity index (χ0n) is 25.8. The van der Waals surface area contributed by atoms with Gasteiger partial charge in [-0.3, -0.25) is 9.59 Å². The quantitative estimate of drug-likeness (QED) is 0.430. The molecule has 0 radical (unpaired) electrons. The Labute approximate surface area is 273 Å². The Morgan fingerprint density at radius 3 is 2.02 bits per heavy atom. The molecule has 0 unspecified atom stereocenters. The molecule has 1 saturated carbocycles. The molecular weight excluding hydrogens is 626 g/mol. The van der Waals surface area contributed by atoms with Gasteiger partial charge in [0.2, 0.25) is 0 Å². The number of alkyl halides is 3. The van der Waals surface area contributed by atoms with Crippen molar-refractivity contribution in [2.45, 2.75) is 50.3 Å². The minimum Gasteiger partial charge on any atom is -0.489 e. The van der Waals surface area contributed by atoms with Gasteiger partial charge in [-0.05, 0) is 86.5 Å². The molecular formula is C33H42ClF4N5O3. The molecule has 0 aromatic heterocycles. The van der Waals surface area contributed by atoms with E-state index >= 15 is 0 Å². The van der Waals surface area contributed by atoms with E-state index in [1.807, 2.05) is 0 Å². The Bertz CT molecular complexity index is 1370. The zero-order valence-corrected chi connectivity index (χ0v) is 26.6. The average Bonchev–Trinajstić information content (AvgIpc) is 3.57. The molecule has 2 amide bonds. The molecule has 3 saturated heterocycles. The standard InChI is InChI=1S/C33H41F4N5O3.ClH/c34-26-17-24(18-27(20-26)40-11-9-38-10-12-40)32(44)42-15-13-41(14-16-42)31(43)23-3-6-30(45-28-7-8-39-21-28)29(19-23)22-1-4-25(5-2-22)33(35,36)37;/h3,6,17-20,22,25,28,38-39H,1-2,4-5,7-16,21H2;1H/t22?,25?,28-;/m0./s1. The molecule has 4 aliphatic rings. The summed E-state index contributed by atoms with van der Waals surface area (Å²) in [5, 5.41) is 6.53. The van der Waals surface area contributed by atoms with Crippen LogP contribution >= 0.6 is 12.4 Å². The number of hydrogen-bond acceptors (Lipinski definition) is 6. The molecule has 6 rings (SSSR count). The van der Waals surface area contributed by atoms with Crippen molar-refractivity contribution in [3.8, 4) is 5.75 Å². The van der Waals surface area contributed by atoms with Gasteiger partial charge in [0, 0.05) is 75.7 Å². The van der Waals surface area contributed by atoms with Crippen LogP contribution in [0.15, 0.2) is 36.4 Å². The summed E-state index contributed by atoms with van der Waals surface area (Å²) in [6.07, 6.45) is -2.46. The van der Waals surface area contributed by atoms with Crippen LogP contribution in [0.5, 0.6) is 5.75 Å². The predicted molar refractivity (Wildman–Crippen MR) is 170 cm³/mol. The largest absolute Gasteiger partial charge is 0.489 e. The van der Waals surface area contributed by atoms with Crippen molar-refractivity contribution in [1.82, 2.24) is 20.4 Å². The number of nitrogens with zero attached hydrogens (tertiary/aromatic N) is 3. The smallest absolute Gasteiger partial charge is 0.391 e. The van der Waals surface area contributed by atoms with Crippen molar-refractivity contribution in [3.63, 3.8) is 0 Å². The van der Waals surface area contributed by atoms with Crippen LogP contribution in [-0.2, 0) is 0 Å². The maximum absolute atomic E-state index is 14.5. The van der Waals surface area contributed by atoms with Crippen LogP contribution in [0.25, 0.3) is 0 Å². The molecule has 2 aromatic carbocycles. The summed E-state index contributed by atoms with van der Waals surface area (Å²) < 4.78 is 60.9. The number of hydrogen-bond donors (Lipinski definition) is 2. The van der Waals surface area contributed by atoms with Crippen LogP contribution < -0.4 is 20.3 Å². The molecule has 0 spiro atoms. The lowest BCUT2D eigenvalue weighted by Crippen LogP contribution is -2.50. The summed E-state index contributed by atoms with van der Waals surface area (Å²) in [4.78, 5) is 32.4. The van der Waals surface area contributed by atoms with Crippen LogP contribution in [0.3, 0.4) is 0 Å². The molecule has 0 bridgehead atoms. The van der Waals surface area contributed by atoms with Gasteiger partial charge in [0.1, 0.15) is 17.7 Å². The summed E-state index contributed by atoms with van der Waals surface area (Å²) in [7, 11) is 0. The first-order chi connectivity index (χ1) is 21.7. The van der Waals surface area contributed by atoms with Crippen molar-refractivity contribution >= 4 is 29.9 Å². The normalized spacial score (nSPS) is 24.0. The number of carbonyl (C=O) groups excluding carboxylic acids is 2. The first-order valence-electron chi connectivity index (χ1n) is 16.1. The average molecular weight is 668 g/mol. The number of ether oxygens (including phenoxy) is 1. The summed E-state index contributed by atoms with van der Waals surface area (Å²) >= 11 is 0. The third kappa shape index (κ3) is 7.88. The number of amides is 2. The second-order valence-corrected chi connectivity index (χ2v) is 12.6. The maximum Gasteiger partial charge on any atom is 0.391 e. The molecule has 46 heavy (non-hydrogen) atoms. The lowest BCUT2D eigenvalue weighted by atomic mass is 9.78. The number of rotatable bonds is 6. The van der Waals surface area contributed by atoms with Gasteiger partial charge in [0.05, 0.1) is 5.92 Å². The van der Waals surface area contributed by atoms with Gasteiger partial charge in [0.25, 0.3) is 11.8 Å². The highest BCUT2D eigenvalue weighted by atomic mass is 35.5. The minimum atomic E-state index is -4.19. The number of piperazine rings is 2. The van der Waals surface area contributed by atoms with Crippen molar-refractivity contribution in [3.05, 3.63) is 58.9 Å². The fourth-order valence-electron chi connectivity index (χ4n) is 7.03. The summed E-state index contributed by atoms with van der Waals surface area (Å²) in [5.41, 5.74) is 2.24. The van der Waals surface area contributed by atoms with E-state index < -0.39 is 17.9 Å². The van der Waals surface area contributed by atoms with E-state index in [9.17, 15) is 27.2 Å². The number of anilines is 1. The molecule has 2 aromatic rings. The van der Waals surface area contributed by atoms with Gasteiger partial charge in [-0.25, -0.2) is 4.39 Å². The van der Waals surface area contributed by atoms with Gasteiger partial charge in [-0.2, -0.15) is 13.2 Å². The fraction of sp³-hybridized carbons (Fsp3) is 0.576. The van der Waals surface area contributed by atoms with Crippen molar-refractivity contribution in [1.29, 1.82) is 0 Å². The van der Waals surface area contributed by atoms with E-state index in [0.29, 0.717) is 68.1 Å². The highest BCUT2D eigenvalue weighted by Crippen LogP contribution is 2.45. The fourth-order valence-corrected chi connectivity index (χ4v) is 7.03. The molecule has 1 atom stereocenters. The van der Waals surface area contributed by atoms with Crippen LogP contribution in [0.2, 0.25) is 0 Å². The van der Waals surface area contributed by atoms with Crippen molar-refractivity contribution in [2.75, 3.05) is 70.3 Å². The second-order valence-electron chi connectivity index (χ2n) is 12.6. The number of halogens is 5. The lowest BCUT2D eigenvalue weighted by Gasteiger charge is -2.35. The number of carbonyl (C=O) groups is 2.